The summed E-state index contributed by atoms with van der Waals surface area (Å²) >= 11 is 7.94. The van der Waals surface area contributed by atoms with E-state index in [9.17, 15) is 4.79 Å². The molecule has 1 heterocycles. The third-order valence-electron chi connectivity index (χ3n) is 6.44. The molecule has 2 aromatic rings. The highest BCUT2D eigenvalue weighted by Gasteiger charge is 2.54. The number of benzene rings is 2. The Kier molecular flexibility index (Phi) is 5.82. The molecule has 1 amide bonds. The lowest BCUT2D eigenvalue weighted by atomic mass is 9.67. The highest BCUT2D eigenvalue weighted by atomic mass is 35.5. The number of fused-ring (bicyclic) bond motifs is 1. The first kappa shape index (κ1) is 22.5. The molecule has 166 valence electrons. The lowest BCUT2D eigenvalue weighted by molar-refractivity contribution is -0.127. The number of thioether (sulfide) groups is 1. The van der Waals surface area contributed by atoms with E-state index in [-0.39, 0.29) is 16.3 Å². The van der Waals surface area contributed by atoms with Crippen LogP contribution >= 0.6 is 23.4 Å². The van der Waals surface area contributed by atoms with Crippen LogP contribution in [0.4, 0.5) is 5.69 Å². The molecule has 0 radical (unpaired) electrons. The van der Waals surface area contributed by atoms with Gasteiger partial charge in [-0.1, -0.05) is 17.7 Å². The molecule has 0 bridgehead atoms. The lowest BCUT2D eigenvalue weighted by Gasteiger charge is -2.53. The summed E-state index contributed by atoms with van der Waals surface area (Å²) in [6.45, 7) is 9.03. The van der Waals surface area contributed by atoms with Crippen molar-refractivity contribution in [3.8, 4) is 5.75 Å². The van der Waals surface area contributed by atoms with Gasteiger partial charge in [-0.05, 0) is 82.5 Å². The van der Waals surface area contributed by atoms with Crippen LogP contribution in [0.15, 0.2) is 47.4 Å². The maximum Gasteiger partial charge on any atom is 0.236 e. The molecular formula is C25H30ClNO3S. The Morgan fingerprint density at radius 3 is 2.42 bits per heavy atom. The van der Waals surface area contributed by atoms with Crippen molar-refractivity contribution in [2.45, 2.75) is 55.8 Å². The molecule has 0 N–H and O–H groups in total. The van der Waals surface area contributed by atoms with E-state index in [1.54, 1.807) is 7.11 Å². The van der Waals surface area contributed by atoms with Crippen LogP contribution in [0.2, 0.25) is 5.02 Å². The second-order valence-electron chi connectivity index (χ2n) is 9.46. The first-order valence-corrected chi connectivity index (χ1v) is 11.9. The highest BCUT2D eigenvalue weighted by Crippen LogP contribution is 2.61. The molecule has 1 aliphatic carbocycles. The maximum absolute atomic E-state index is 13.0. The van der Waals surface area contributed by atoms with Crippen molar-refractivity contribution in [2.24, 2.45) is 5.41 Å². The number of rotatable bonds is 5. The number of methoxy groups -OCH3 is 1. The standard InChI is InChI=1S/C25H30ClNO3S/c1-6-27-20-12-7-17(13-21(20)30-16-23(2,3)22(27)28)25(14-24(4,15-25)29-5)31-19-10-8-18(26)9-11-19/h7-13H,6,14-16H2,1-5H3. The molecule has 0 saturated heterocycles. The fraction of sp³-hybridized carbons (Fsp3) is 0.480. The molecule has 1 saturated carbocycles. The zero-order chi connectivity index (χ0) is 22.4. The third-order valence-corrected chi connectivity index (χ3v) is 8.12. The summed E-state index contributed by atoms with van der Waals surface area (Å²) in [5.74, 6) is 0.878. The topological polar surface area (TPSA) is 38.8 Å². The molecule has 0 unspecified atom stereocenters. The molecule has 0 spiro atoms. The predicted molar refractivity (Wildman–Crippen MR) is 127 cm³/mol. The Bertz CT molecular complexity index is 983. The summed E-state index contributed by atoms with van der Waals surface area (Å²) in [6, 6.07) is 14.3. The average molecular weight is 460 g/mol. The van der Waals surface area contributed by atoms with Crippen molar-refractivity contribution in [3.63, 3.8) is 0 Å². The van der Waals surface area contributed by atoms with Crippen LogP contribution in [0, 0.1) is 5.41 Å². The van der Waals surface area contributed by atoms with Crippen molar-refractivity contribution >= 4 is 35.0 Å². The van der Waals surface area contributed by atoms with E-state index in [4.69, 9.17) is 21.1 Å². The van der Waals surface area contributed by atoms with Crippen LogP contribution in [0.25, 0.3) is 0 Å². The molecule has 2 aromatic carbocycles. The third kappa shape index (κ3) is 4.08. The summed E-state index contributed by atoms with van der Waals surface area (Å²) in [5, 5.41) is 0.735. The Morgan fingerprint density at radius 2 is 1.81 bits per heavy atom. The summed E-state index contributed by atoms with van der Waals surface area (Å²) in [4.78, 5) is 16.0. The summed E-state index contributed by atoms with van der Waals surface area (Å²) in [5.41, 5.74) is 1.34. The van der Waals surface area contributed by atoms with Crippen LogP contribution < -0.4 is 9.64 Å². The van der Waals surface area contributed by atoms with Crippen LogP contribution in [-0.4, -0.2) is 31.8 Å². The van der Waals surface area contributed by atoms with E-state index < -0.39 is 5.41 Å². The Morgan fingerprint density at radius 1 is 1.13 bits per heavy atom. The van der Waals surface area contributed by atoms with Gasteiger partial charge in [0, 0.05) is 23.6 Å². The smallest absolute Gasteiger partial charge is 0.236 e. The van der Waals surface area contributed by atoms with Crippen molar-refractivity contribution in [2.75, 3.05) is 25.2 Å². The molecule has 0 aromatic heterocycles. The number of carbonyl (C=O) groups excluding carboxylic acids is 1. The van der Waals surface area contributed by atoms with E-state index >= 15 is 0 Å². The number of hydrogen-bond donors (Lipinski definition) is 0. The van der Waals surface area contributed by atoms with Gasteiger partial charge in [0.1, 0.15) is 12.4 Å². The molecule has 1 aliphatic heterocycles. The van der Waals surface area contributed by atoms with E-state index in [0.717, 1.165) is 29.3 Å². The molecule has 2 aliphatic rings. The number of amides is 1. The van der Waals surface area contributed by atoms with Gasteiger partial charge < -0.3 is 14.4 Å². The van der Waals surface area contributed by atoms with Gasteiger partial charge in [0.25, 0.3) is 0 Å². The van der Waals surface area contributed by atoms with E-state index in [2.05, 4.69) is 31.2 Å². The van der Waals surface area contributed by atoms with Crippen molar-refractivity contribution in [1.82, 2.24) is 0 Å². The molecule has 1 fully saturated rings. The summed E-state index contributed by atoms with van der Waals surface area (Å²) in [6.07, 6.45) is 1.79. The van der Waals surface area contributed by atoms with Gasteiger partial charge >= 0.3 is 0 Å². The van der Waals surface area contributed by atoms with E-state index in [1.807, 2.05) is 55.6 Å². The highest BCUT2D eigenvalue weighted by molar-refractivity contribution is 8.00. The summed E-state index contributed by atoms with van der Waals surface area (Å²) < 4.78 is 11.9. The normalized spacial score (nSPS) is 27.2. The van der Waals surface area contributed by atoms with Gasteiger partial charge in [-0.3, -0.25) is 4.79 Å². The van der Waals surface area contributed by atoms with E-state index in [1.165, 1.54) is 10.5 Å². The zero-order valence-electron chi connectivity index (χ0n) is 18.8. The summed E-state index contributed by atoms with van der Waals surface area (Å²) in [7, 11) is 1.78. The minimum absolute atomic E-state index is 0.0994. The number of halogens is 1. The van der Waals surface area contributed by atoms with Gasteiger partial charge in [-0.15, -0.1) is 11.8 Å². The van der Waals surface area contributed by atoms with Gasteiger partial charge in [0.2, 0.25) is 5.91 Å². The van der Waals surface area contributed by atoms with E-state index in [0.29, 0.717) is 13.2 Å². The average Bonchev–Trinajstić information content (AvgIpc) is 2.82. The van der Waals surface area contributed by atoms with Gasteiger partial charge in [-0.25, -0.2) is 0 Å². The second-order valence-corrected chi connectivity index (χ2v) is 11.4. The Labute approximate surface area is 194 Å². The van der Waals surface area contributed by atoms with Crippen LogP contribution in [-0.2, 0) is 14.3 Å². The SMILES string of the molecule is CCN1C(=O)C(C)(C)COc2cc(C3(Sc4ccc(Cl)cc4)CC(C)(OC)C3)ccc21. The zero-order valence-corrected chi connectivity index (χ0v) is 20.4. The fourth-order valence-corrected chi connectivity index (χ4v) is 6.46. The number of hydrogen-bond acceptors (Lipinski definition) is 4. The predicted octanol–water partition coefficient (Wildman–Crippen LogP) is 6.30. The monoisotopic (exact) mass is 459 g/mol. The first-order valence-electron chi connectivity index (χ1n) is 10.7. The van der Waals surface area contributed by atoms with Crippen LogP contribution in [0.5, 0.6) is 5.75 Å². The molecular weight excluding hydrogens is 430 g/mol. The number of ether oxygens (including phenoxy) is 2. The van der Waals surface area contributed by atoms with Gasteiger partial charge in [0.05, 0.1) is 21.5 Å². The van der Waals surface area contributed by atoms with Crippen LogP contribution in [0.3, 0.4) is 0 Å². The molecule has 4 rings (SSSR count). The molecule has 0 atom stereocenters. The first-order chi connectivity index (χ1) is 14.6. The fourth-order valence-electron chi connectivity index (χ4n) is 4.61. The van der Waals surface area contributed by atoms with Crippen molar-refractivity contribution in [1.29, 1.82) is 0 Å². The maximum atomic E-state index is 13.0. The van der Waals surface area contributed by atoms with Crippen molar-refractivity contribution in [3.05, 3.63) is 53.1 Å². The van der Waals surface area contributed by atoms with Gasteiger partial charge in [-0.2, -0.15) is 0 Å². The molecule has 6 heteroatoms. The lowest BCUT2D eigenvalue weighted by Crippen LogP contribution is -2.52. The number of carbonyl (C=O) groups is 1. The molecule has 4 nitrogen and oxygen atoms in total. The minimum Gasteiger partial charge on any atom is -0.490 e. The number of nitrogens with zero attached hydrogens (tertiary/aromatic N) is 1. The molecule has 31 heavy (non-hydrogen) atoms. The Hall–Kier alpha value is -1.69. The quantitative estimate of drug-likeness (QED) is 0.526. The van der Waals surface area contributed by atoms with Crippen molar-refractivity contribution < 1.29 is 14.3 Å². The second kappa shape index (κ2) is 8.02. The van der Waals surface area contributed by atoms with Crippen LogP contribution in [0.1, 0.15) is 46.1 Å². The largest absolute Gasteiger partial charge is 0.490 e. The Balaban J connectivity index is 1.73. The van der Waals surface area contributed by atoms with Gasteiger partial charge in [0.15, 0.2) is 0 Å². The minimum atomic E-state index is -0.559. The number of anilines is 1.